The number of rotatable bonds is 4. The second-order valence-corrected chi connectivity index (χ2v) is 10.1. The lowest BCUT2D eigenvalue weighted by molar-refractivity contribution is 0.650. The molecular formula is C18H25N3O2S2. The zero-order chi connectivity index (χ0) is 18.9. The molecule has 0 aliphatic carbocycles. The van der Waals surface area contributed by atoms with Crippen LogP contribution in [0.5, 0.6) is 0 Å². The fourth-order valence-electron chi connectivity index (χ4n) is 2.34. The average molecular weight is 380 g/mol. The number of thioether (sulfide) groups is 1. The van der Waals surface area contributed by atoms with E-state index in [4.69, 9.17) is 4.98 Å². The molecular weight excluding hydrogens is 354 g/mol. The Morgan fingerprint density at radius 1 is 1.36 bits per heavy atom. The maximum Gasteiger partial charge on any atom is 0.261 e. The van der Waals surface area contributed by atoms with E-state index < -0.39 is 15.7 Å². The van der Waals surface area contributed by atoms with Crippen molar-refractivity contribution in [2.24, 2.45) is 11.4 Å². The molecule has 0 aliphatic heterocycles. The number of benzene rings is 1. The Morgan fingerprint density at radius 2 is 2.00 bits per heavy atom. The lowest BCUT2D eigenvalue weighted by atomic mass is 10.0. The number of hydrogen-bond acceptors (Lipinski definition) is 4. The smallest absolute Gasteiger partial charge is 0.261 e. The van der Waals surface area contributed by atoms with Gasteiger partial charge in [-0.2, -0.15) is 4.40 Å². The summed E-state index contributed by atoms with van der Waals surface area (Å²) >= 11 is 1.53. The first-order valence-electron chi connectivity index (χ1n) is 8.18. The van der Waals surface area contributed by atoms with Gasteiger partial charge in [0.15, 0.2) is 5.16 Å². The summed E-state index contributed by atoms with van der Waals surface area (Å²) in [6, 6.07) is 3.80. The van der Waals surface area contributed by atoms with E-state index in [0.717, 1.165) is 16.9 Å². The third-order valence-corrected chi connectivity index (χ3v) is 6.09. The summed E-state index contributed by atoms with van der Waals surface area (Å²) in [5.74, 6) is 0.827. The Kier molecular flexibility index (Phi) is 5.89. The van der Waals surface area contributed by atoms with E-state index in [2.05, 4.69) is 4.40 Å². The molecule has 0 unspecified atom stereocenters. The third kappa shape index (κ3) is 4.20. The number of nitrogens with zero attached hydrogens (tertiary/aromatic N) is 3. The van der Waals surface area contributed by atoms with E-state index in [1.807, 2.05) is 53.7 Å². The fraction of sp³-hybridized carbons (Fsp3) is 0.500. The minimum atomic E-state index is -1.36. The highest BCUT2D eigenvalue weighted by Crippen LogP contribution is 2.23. The van der Waals surface area contributed by atoms with Gasteiger partial charge in [-0.25, -0.2) is 9.19 Å². The van der Waals surface area contributed by atoms with Crippen LogP contribution in [0.15, 0.2) is 26.5 Å². The van der Waals surface area contributed by atoms with Crippen LogP contribution in [-0.4, -0.2) is 30.0 Å². The zero-order valence-electron chi connectivity index (χ0n) is 15.8. The quantitative estimate of drug-likeness (QED) is 0.462. The van der Waals surface area contributed by atoms with Crippen molar-refractivity contribution in [2.75, 3.05) is 5.75 Å². The standard InChI is InChI=1S/C18H25N3O2S2/c1-8-24-17-19-15-13(12(3)20-25(23)18(4,5)6)9-11(2)10-14(15)16(22)21(17)7/h9-10H,8H2,1-7H3/b20-12+/t25-/m1/s1. The van der Waals surface area contributed by atoms with Crippen molar-refractivity contribution in [3.05, 3.63) is 33.6 Å². The lowest BCUT2D eigenvalue weighted by Gasteiger charge is -2.15. The molecule has 0 aliphatic rings. The van der Waals surface area contributed by atoms with Crippen molar-refractivity contribution in [2.45, 2.75) is 51.4 Å². The monoisotopic (exact) mass is 379 g/mol. The van der Waals surface area contributed by atoms with Crippen LogP contribution < -0.4 is 5.56 Å². The summed E-state index contributed by atoms with van der Waals surface area (Å²) in [5, 5.41) is 1.24. The summed E-state index contributed by atoms with van der Waals surface area (Å²) in [6.45, 7) is 11.4. The Balaban J connectivity index is 2.78. The first-order chi connectivity index (χ1) is 11.6. The minimum Gasteiger partial charge on any atom is -0.290 e. The van der Waals surface area contributed by atoms with Crippen LogP contribution in [0.2, 0.25) is 0 Å². The maximum atomic E-state index is 12.7. The fourth-order valence-corrected chi connectivity index (χ4v) is 3.66. The van der Waals surface area contributed by atoms with Crippen LogP contribution in [0.3, 0.4) is 0 Å². The molecule has 0 fully saturated rings. The summed E-state index contributed by atoms with van der Waals surface area (Å²) in [6.07, 6.45) is 0. The van der Waals surface area contributed by atoms with Crippen molar-refractivity contribution in [3.8, 4) is 0 Å². The molecule has 0 saturated carbocycles. The molecule has 1 aromatic heterocycles. The third-order valence-electron chi connectivity index (χ3n) is 3.69. The second-order valence-electron chi connectivity index (χ2n) is 6.94. The van der Waals surface area contributed by atoms with Gasteiger partial charge in [-0.3, -0.25) is 9.36 Å². The van der Waals surface area contributed by atoms with Gasteiger partial charge in [0, 0.05) is 12.6 Å². The number of aromatic nitrogens is 2. The minimum absolute atomic E-state index is 0.0735. The average Bonchev–Trinajstić information content (AvgIpc) is 2.51. The van der Waals surface area contributed by atoms with Gasteiger partial charge in [0.1, 0.15) is 11.0 Å². The van der Waals surface area contributed by atoms with Crippen molar-refractivity contribution in [3.63, 3.8) is 0 Å². The molecule has 5 nitrogen and oxygen atoms in total. The van der Waals surface area contributed by atoms with Gasteiger partial charge >= 0.3 is 0 Å². The summed E-state index contributed by atoms with van der Waals surface area (Å²) < 4.78 is 17.9. The van der Waals surface area contributed by atoms with E-state index in [0.29, 0.717) is 21.8 Å². The van der Waals surface area contributed by atoms with E-state index in [1.165, 1.54) is 11.8 Å². The largest absolute Gasteiger partial charge is 0.290 e. The molecule has 0 amide bonds. The van der Waals surface area contributed by atoms with Gasteiger partial charge in [0.25, 0.3) is 5.56 Å². The lowest BCUT2D eigenvalue weighted by Crippen LogP contribution is -2.22. The van der Waals surface area contributed by atoms with Crippen molar-refractivity contribution in [1.82, 2.24) is 9.55 Å². The first kappa shape index (κ1) is 19.8. The van der Waals surface area contributed by atoms with Crippen molar-refractivity contribution < 1.29 is 4.21 Å². The molecule has 0 radical (unpaired) electrons. The van der Waals surface area contributed by atoms with Gasteiger partial charge in [-0.05, 0) is 58.1 Å². The van der Waals surface area contributed by atoms with Crippen LogP contribution in [0, 0.1) is 6.92 Å². The summed E-state index contributed by atoms with van der Waals surface area (Å²) in [7, 11) is 0.376. The van der Waals surface area contributed by atoms with E-state index in [-0.39, 0.29) is 5.56 Å². The van der Waals surface area contributed by atoms with Crippen LogP contribution in [0.1, 0.15) is 45.7 Å². The van der Waals surface area contributed by atoms with E-state index >= 15 is 0 Å². The summed E-state index contributed by atoms with van der Waals surface area (Å²) in [4.78, 5) is 17.4. The van der Waals surface area contributed by atoms with Gasteiger partial charge in [-0.15, -0.1) is 0 Å². The van der Waals surface area contributed by atoms with Gasteiger partial charge < -0.3 is 0 Å². The van der Waals surface area contributed by atoms with Crippen LogP contribution in [0.4, 0.5) is 0 Å². The molecule has 25 heavy (non-hydrogen) atoms. The van der Waals surface area contributed by atoms with Crippen LogP contribution in [-0.2, 0) is 18.0 Å². The molecule has 1 aromatic carbocycles. The first-order valence-corrected chi connectivity index (χ1v) is 10.3. The van der Waals surface area contributed by atoms with Gasteiger partial charge in [0.05, 0.1) is 21.4 Å². The Morgan fingerprint density at radius 3 is 2.56 bits per heavy atom. The van der Waals surface area contributed by atoms with E-state index in [1.54, 1.807) is 11.6 Å². The molecule has 0 N–H and O–H groups in total. The predicted octanol–water partition coefficient (Wildman–Crippen LogP) is 3.63. The predicted molar refractivity (Wildman–Crippen MR) is 108 cm³/mol. The molecule has 2 rings (SSSR count). The molecule has 2 aromatic rings. The molecule has 7 heteroatoms. The highest BCUT2D eigenvalue weighted by atomic mass is 32.2. The molecule has 0 bridgehead atoms. The number of aryl methyl sites for hydroxylation is 1. The van der Waals surface area contributed by atoms with E-state index in [9.17, 15) is 9.00 Å². The maximum absolute atomic E-state index is 12.7. The Bertz CT molecular complexity index is 925. The second kappa shape index (κ2) is 7.41. The molecule has 0 spiro atoms. The Hall–Kier alpha value is -1.47. The SMILES string of the molecule is CCSc1nc2c(/C(C)=N/[S@](=O)C(C)(C)C)cc(C)cc2c(=O)n1C. The van der Waals surface area contributed by atoms with Crippen molar-refractivity contribution in [1.29, 1.82) is 0 Å². The van der Waals surface area contributed by atoms with Gasteiger partial charge in [-0.1, -0.05) is 18.7 Å². The highest BCUT2D eigenvalue weighted by molar-refractivity contribution is 7.99. The van der Waals surface area contributed by atoms with Crippen LogP contribution in [0.25, 0.3) is 10.9 Å². The topological polar surface area (TPSA) is 64.3 Å². The Labute approximate surface area is 155 Å². The van der Waals surface area contributed by atoms with Crippen LogP contribution >= 0.6 is 11.8 Å². The number of hydrogen-bond donors (Lipinski definition) is 0. The van der Waals surface area contributed by atoms with Crippen molar-refractivity contribution >= 4 is 39.4 Å². The molecule has 1 atom stereocenters. The normalized spacial score (nSPS) is 14.1. The molecule has 1 heterocycles. The summed E-state index contributed by atoms with van der Waals surface area (Å²) in [5.41, 5.74) is 2.90. The van der Waals surface area contributed by atoms with Gasteiger partial charge in [0.2, 0.25) is 0 Å². The molecule has 136 valence electrons. The number of fused-ring (bicyclic) bond motifs is 1. The molecule has 0 saturated heterocycles. The highest BCUT2D eigenvalue weighted by Gasteiger charge is 2.20. The zero-order valence-corrected chi connectivity index (χ0v) is 17.5.